The number of carboxylic acids is 1. The molecule has 0 aliphatic carbocycles. The van der Waals surface area contributed by atoms with Gasteiger partial charge in [-0.1, -0.05) is 11.8 Å². The lowest BCUT2D eigenvalue weighted by Gasteiger charge is -1.99. The predicted octanol–water partition coefficient (Wildman–Crippen LogP) is 1.04. The van der Waals surface area contributed by atoms with E-state index in [0.717, 1.165) is 5.56 Å². The largest absolute Gasteiger partial charge is 0.477 e. The van der Waals surface area contributed by atoms with E-state index in [1.807, 2.05) is 0 Å². The Kier molecular flexibility index (Phi) is 3.11. The first-order valence-electron chi connectivity index (χ1n) is 4.26. The van der Waals surface area contributed by atoms with E-state index >= 15 is 0 Å². The molecule has 0 unspecified atom stereocenters. The SMILES string of the molecule is Nn1cnnc1SCc1ccsc1C(=O)O. The summed E-state index contributed by atoms with van der Waals surface area (Å²) >= 11 is 2.56. The highest BCUT2D eigenvalue weighted by atomic mass is 32.2. The molecular weight excluding hydrogens is 248 g/mol. The van der Waals surface area contributed by atoms with E-state index in [-0.39, 0.29) is 0 Å². The minimum atomic E-state index is -0.903. The second-order valence-electron chi connectivity index (χ2n) is 2.89. The molecule has 0 atom stereocenters. The second kappa shape index (κ2) is 4.54. The number of aromatic nitrogens is 3. The highest BCUT2D eigenvalue weighted by Crippen LogP contribution is 2.25. The van der Waals surface area contributed by atoms with Gasteiger partial charge in [-0.3, -0.25) is 0 Å². The van der Waals surface area contributed by atoms with Crippen molar-refractivity contribution in [3.63, 3.8) is 0 Å². The summed E-state index contributed by atoms with van der Waals surface area (Å²) in [4.78, 5) is 11.2. The van der Waals surface area contributed by atoms with Gasteiger partial charge in [-0.05, 0) is 17.0 Å². The molecule has 0 amide bonds. The first-order chi connectivity index (χ1) is 7.68. The van der Waals surface area contributed by atoms with Crippen molar-refractivity contribution < 1.29 is 9.90 Å². The Balaban J connectivity index is 2.08. The van der Waals surface area contributed by atoms with E-state index in [2.05, 4.69) is 10.2 Å². The monoisotopic (exact) mass is 256 g/mol. The summed E-state index contributed by atoms with van der Waals surface area (Å²) < 4.78 is 1.30. The number of aromatic carboxylic acids is 1. The second-order valence-corrected chi connectivity index (χ2v) is 4.75. The summed E-state index contributed by atoms with van der Waals surface area (Å²) in [6, 6.07) is 1.79. The van der Waals surface area contributed by atoms with Gasteiger partial charge in [0, 0.05) is 5.75 Å². The molecule has 0 fully saturated rings. The fraction of sp³-hybridized carbons (Fsp3) is 0.125. The van der Waals surface area contributed by atoms with Crippen molar-refractivity contribution in [2.45, 2.75) is 10.9 Å². The van der Waals surface area contributed by atoms with Crippen LogP contribution in [-0.2, 0) is 5.75 Å². The zero-order valence-electron chi connectivity index (χ0n) is 8.03. The summed E-state index contributed by atoms with van der Waals surface area (Å²) in [7, 11) is 0. The minimum Gasteiger partial charge on any atom is -0.477 e. The van der Waals surface area contributed by atoms with Crippen molar-refractivity contribution in [3.05, 3.63) is 28.2 Å². The van der Waals surface area contributed by atoms with E-state index in [9.17, 15) is 4.79 Å². The van der Waals surface area contributed by atoms with Crippen LogP contribution < -0.4 is 5.84 Å². The lowest BCUT2D eigenvalue weighted by atomic mass is 10.3. The van der Waals surface area contributed by atoms with Gasteiger partial charge in [-0.15, -0.1) is 21.5 Å². The van der Waals surface area contributed by atoms with Crippen LogP contribution in [-0.4, -0.2) is 25.9 Å². The first-order valence-corrected chi connectivity index (χ1v) is 6.12. The number of rotatable bonds is 4. The molecule has 3 N–H and O–H groups in total. The van der Waals surface area contributed by atoms with Gasteiger partial charge in [-0.2, -0.15) is 0 Å². The molecule has 0 bridgehead atoms. The maximum absolute atomic E-state index is 10.9. The quantitative estimate of drug-likeness (QED) is 0.627. The van der Waals surface area contributed by atoms with Crippen molar-refractivity contribution in [1.29, 1.82) is 0 Å². The number of nitrogens with zero attached hydrogens (tertiary/aromatic N) is 3. The molecule has 2 rings (SSSR count). The maximum Gasteiger partial charge on any atom is 0.346 e. The van der Waals surface area contributed by atoms with Crippen molar-refractivity contribution in [3.8, 4) is 0 Å². The maximum atomic E-state index is 10.9. The van der Waals surface area contributed by atoms with Gasteiger partial charge < -0.3 is 10.9 Å². The third-order valence-corrected chi connectivity index (χ3v) is 3.79. The molecule has 6 nitrogen and oxygen atoms in total. The smallest absolute Gasteiger partial charge is 0.346 e. The normalized spacial score (nSPS) is 10.5. The highest BCUT2D eigenvalue weighted by molar-refractivity contribution is 7.98. The van der Waals surface area contributed by atoms with Gasteiger partial charge >= 0.3 is 5.97 Å². The van der Waals surface area contributed by atoms with Crippen molar-refractivity contribution in [2.24, 2.45) is 0 Å². The van der Waals surface area contributed by atoms with Crippen LogP contribution in [0.5, 0.6) is 0 Å². The lowest BCUT2D eigenvalue weighted by Crippen LogP contribution is -2.07. The molecule has 0 aromatic carbocycles. The Bertz CT molecular complexity index is 508. The van der Waals surface area contributed by atoms with Gasteiger partial charge in [-0.25, -0.2) is 9.47 Å². The number of nitrogen functional groups attached to an aromatic ring is 1. The Morgan fingerprint density at radius 3 is 3.12 bits per heavy atom. The van der Waals surface area contributed by atoms with E-state index in [1.165, 1.54) is 34.1 Å². The van der Waals surface area contributed by atoms with Crippen LogP contribution in [0.3, 0.4) is 0 Å². The summed E-state index contributed by atoms with van der Waals surface area (Å²) in [5.74, 6) is 5.15. The number of carboxylic acid groups (broad SMARTS) is 1. The molecule has 8 heteroatoms. The Hall–Kier alpha value is -1.54. The van der Waals surface area contributed by atoms with Gasteiger partial charge in [0.25, 0.3) is 0 Å². The molecule has 0 saturated heterocycles. The fourth-order valence-corrected chi connectivity index (χ4v) is 2.79. The van der Waals surface area contributed by atoms with Gasteiger partial charge in [0.1, 0.15) is 11.2 Å². The molecular formula is C8H8N4O2S2. The van der Waals surface area contributed by atoms with E-state index in [1.54, 1.807) is 11.4 Å². The number of carbonyl (C=O) groups is 1. The number of hydrogen-bond acceptors (Lipinski definition) is 6. The molecule has 2 heterocycles. The van der Waals surface area contributed by atoms with Crippen LogP contribution in [0.1, 0.15) is 15.2 Å². The van der Waals surface area contributed by atoms with Crippen LogP contribution in [0.15, 0.2) is 22.9 Å². The highest BCUT2D eigenvalue weighted by Gasteiger charge is 2.12. The molecule has 0 saturated carbocycles. The predicted molar refractivity (Wildman–Crippen MR) is 61.0 cm³/mol. The Morgan fingerprint density at radius 2 is 2.50 bits per heavy atom. The van der Waals surface area contributed by atoms with E-state index < -0.39 is 5.97 Å². The Labute approximate surface area is 99.1 Å². The molecule has 2 aromatic rings. The van der Waals surface area contributed by atoms with Gasteiger partial charge in [0.05, 0.1) is 0 Å². The average Bonchev–Trinajstić information content (AvgIpc) is 2.83. The van der Waals surface area contributed by atoms with E-state index in [4.69, 9.17) is 10.9 Å². The minimum absolute atomic E-state index is 0.357. The fourth-order valence-electron chi connectivity index (χ4n) is 1.11. The van der Waals surface area contributed by atoms with Crippen LogP contribution >= 0.6 is 23.1 Å². The summed E-state index contributed by atoms with van der Waals surface area (Å²) in [5, 5.41) is 18.7. The third kappa shape index (κ3) is 2.17. The standard InChI is InChI=1S/C8H8N4O2S2/c9-12-4-10-11-8(12)16-3-5-1-2-15-6(5)7(13)14/h1-2,4H,3,9H2,(H,13,14). The van der Waals surface area contributed by atoms with Crippen molar-refractivity contribution in [2.75, 3.05) is 5.84 Å². The number of thioether (sulfide) groups is 1. The van der Waals surface area contributed by atoms with Crippen LogP contribution in [0.2, 0.25) is 0 Å². The third-order valence-electron chi connectivity index (χ3n) is 1.84. The van der Waals surface area contributed by atoms with Gasteiger partial charge in [0.2, 0.25) is 5.16 Å². The average molecular weight is 256 g/mol. The molecule has 0 aliphatic rings. The number of hydrogen-bond donors (Lipinski definition) is 2. The molecule has 0 aliphatic heterocycles. The summed E-state index contributed by atoms with van der Waals surface area (Å²) in [6.45, 7) is 0. The lowest BCUT2D eigenvalue weighted by molar-refractivity contribution is 0.0701. The Morgan fingerprint density at radius 1 is 1.69 bits per heavy atom. The zero-order chi connectivity index (χ0) is 11.5. The van der Waals surface area contributed by atoms with Crippen LogP contribution in [0.25, 0.3) is 0 Å². The van der Waals surface area contributed by atoms with Crippen molar-refractivity contribution in [1.82, 2.24) is 14.9 Å². The van der Waals surface area contributed by atoms with Crippen molar-refractivity contribution >= 4 is 29.1 Å². The first kappa shape index (κ1) is 11.0. The van der Waals surface area contributed by atoms with Gasteiger partial charge in [0.15, 0.2) is 0 Å². The molecule has 84 valence electrons. The topological polar surface area (TPSA) is 94.0 Å². The van der Waals surface area contributed by atoms with Crippen LogP contribution in [0.4, 0.5) is 0 Å². The van der Waals surface area contributed by atoms with E-state index in [0.29, 0.717) is 15.8 Å². The molecule has 0 radical (unpaired) electrons. The molecule has 16 heavy (non-hydrogen) atoms. The number of nitrogens with two attached hydrogens (primary N) is 1. The zero-order valence-corrected chi connectivity index (χ0v) is 9.66. The summed E-state index contributed by atoms with van der Waals surface area (Å²) in [5.41, 5.74) is 0.769. The number of thiophene rings is 1. The molecule has 2 aromatic heterocycles. The molecule has 0 spiro atoms. The summed E-state index contributed by atoms with van der Waals surface area (Å²) in [6.07, 6.45) is 1.40. The van der Waals surface area contributed by atoms with Crippen LogP contribution in [0, 0.1) is 0 Å².